The average molecular weight is 437 g/mol. The van der Waals surface area contributed by atoms with Crippen LogP contribution in [0.25, 0.3) is 22.8 Å². The van der Waals surface area contributed by atoms with Gasteiger partial charge in [0.2, 0.25) is 9.54 Å². The van der Waals surface area contributed by atoms with Crippen molar-refractivity contribution in [2.45, 2.75) is 0 Å². The quantitative estimate of drug-likeness (QED) is 0.282. The molecule has 0 spiro atoms. The summed E-state index contributed by atoms with van der Waals surface area (Å²) < 4.78 is 15.9. The van der Waals surface area contributed by atoms with Crippen LogP contribution in [0.3, 0.4) is 0 Å². The summed E-state index contributed by atoms with van der Waals surface area (Å²) >= 11 is 15.5. The SMILES string of the molecule is Nn1c(-c2ccc(Cl)cc2)n[nH]c1=S.Nn1c(-c2ccc(F)cc2)n[nH]c1=S. The minimum atomic E-state index is -0.300. The molecule has 28 heavy (non-hydrogen) atoms. The third-order valence-corrected chi connectivity index (χ3v) is 4.44. The number of nitrogens with zero attached hydrogens (tertiary/aromatic N) is 4. The van der Waals surface area contributed by atoms with Crippen LogP contribution in [0.5, 0.6) is 0 Å². The van der Waals surface area contributed by atoms with E-state index in [4.69, 9.17) is 47.7 Å². The third-order valence-electron chi connectivity index (χ3n) is 3.61. The van der Waals surface area contributed by atoms with E-state index >= 15 is 0 Å². The maximum Gasteiger partial charge on any atom is 0.214 e. The Hall–Kier alpha value is -3.02. The summed E-state index contributed by atoms with van der Waals surface area (Å²) in [4.78, 5) is 0. The van der Waals surface area contributed by atoms with Gasteiger partial charge >= 0.3 is 0 Å². The van der Waals surface area contributed by atoms with Crippen LogP contribution in [-0.4, -0.2) is 29.7 Å². The summed E-state index contributed by atoms with van der Waals surface area (Å²) in [7, 11) is 0. The summed E-state index contributed by atoms with van der Waals surface area (Å²) in [5.41, 5.74) is 1.57. The van der Waals surface area contributed by atoms with Crippen molar-refractivity contribution in [1.29, 1.82) is 0 Å². The maximum absolute atomic E-state index is 12.6. The number of aromatic nitrogens is 6. The van der Waals surface area contributed by atoms with Gasteiger partial charge in [0, 0.05) is 16.1 Å². The molecule has 0 atom stereocenters. The molecule has 0 saturated heterocycles. The average Bonchev–Trinajstić information content (AvgIpc) is 3.20. The van der Waals surface area contributed by atoms with Crippen molar-refractivity contribution < 1.29 is 4.39 Å². The Morgan fingerprint density at radius 1 is 0.786 bits per heavy atom. The first-order chi connectivity index (χ1) is 13.4. The Balaban J connectivity index is 0.000000161. The van der Waals surface area contributed by atoms with E-state index in [0.29, 0.717) is 31.8 Å². The lowest BCUT2D eigenvalue weighted by Gasteiger charge is -1.99. The molecule has 8 nitrogen and oxygen atoms in total. The van der Waals surface area contributed by atoms with Crippen molar-refractivity contribution in [1.82, 2.24) is 29.7 Å². The number of hydrogen-bond donors (Lipinski definition) is 4. The van der Waals surface area contributed by atoms with E-state index in [9.17, 15) is 4.39 Å². The van der Waals surface area contributed by atoms with Gasteiger partial charge in [-0.25, -0.2) is 23.9 Å². The first kappa shape index (κ1) is 19.7. The second kappa shape index (κ2) is 8.33. The molecule has 0 aliphatic carbocycles. The van der Waals surface area contributed by atoms with E-state index in [1.807, 2.05) is 12.1 Å². The topological polar surface area (TPSA) is 119 Å². The number of halogens is 2. The van der Waals surface area contributed by atoms with Crippen LogP contribution < -0.4 is 11.7 Å². The van der Waals surface area contributed by atoms with Crippen LogP contribution in [0.2, 0.25) is 5.02 Å². The van der Waals surface area contributed by atoms with Gasteiger partial charge in [-0.05, 0) is 73.0 Å². The Kier molecular flexibility index (Phi) is 5.87. The van der Waals surface area contributed by atoms with Gasteiger partial charge in [-0.1, -0.05) is 11.6 Å². The summed E-state index contributed by atoms with van der Waals surface area (Å²) in [6.45, 7) is 0. The largest absolute Gasteiger partial charge is 0.335 e. The number of nitrogen functional groups attached to an aromatic ring is 2. The molecule has 0 bridgehead atoms. The second-order valence-electron chi connectivity index (χ2n) is 5.46. The molecule has 6 N–H and O–H groups in total. The van der Waals surface area contributed by atoms with Gasteiger partial charge in [0.25, 0.3) is 0 Å². The van der Waals surface area contributed by atoms with Crippen molar-refractivity contribution in [3.63, 3.8) is 0 Å². The molecule has 0 radical (unpaired) electrons. The number of nitrogens with one attached hydrogen (secondary N) is 2. The van der Waals surface area contributed by atoms with Crippen LogP contribution in [0.4, 0.5) is 4.39 Å². The zero-order chi connectivity index (χ0) is 20.3. The van der Waals surface area contributed by atoms with Gasteiger partial charge in [0.1, 0.15) is 5.82 Å². The lowest BCUT2D eigenvalue weighted by molar-refractivity contribution is 0.628. The Bertz CT molecular complexity index is 1100. The molecule has 2 heterocycles. The van der Waals surface area contributed by atoms with Crippen molar-refractivity contribution in [3.05, 3.63) is 68.9 Å². The molecular formula is C16H14ClFN8S2. The molecule has 0 aliphatic rings. The highest BCUT2D eigenvalue weighted by Gasteiger charge is 2.06. The molecule has 0 saturated carbocycles. The molecule has 0 aliphatic heterocycles. The van der Waals surface area contributed by atoms with E-state index in [1.54, 1.807) is 24.3 Å². The van der Waals surface area contributed by atoms with E-state index in [-0.39, 0.29) is 5.82 Å². The molecule has 2 aromatic heterocycles. The number of benzene rings is 2. The van der Waals surface area contributed by atoms with Crippen molar-refractivity contribution in [2.24, 2.45) is 0 Å². The van der Waals surface area contributed by atoms with Crippen LogP contribution in [0.15, 0.2) is 48.5 Å². The molecule has 0 amide bonds. The normalized spacial score (nSPS) is 10.4. The molecule has 2 aromatic carbocycles. The van der Waals surface area contributed by atoms with E-state index < -0.39 is 0 Å². The van der Waals surface area contributed by atoms with E-state index in [1.165, 1.54) is 21.5 Å². The highest BCUT2D eigenvalue weighted by molar-refractivity contribution is 7.71. The van der Waals surface area contributed by atoms with E-state index in [0.717, 1.165) is 5.56 Å². The standard InChI is InChI=1S/C8H7ClN4S.C8H7FN4S/c2*9-6-3-1-5(2-4-6)7-11-12-8(14)13(7)10/h2*1-4H,10H2,(H,12,14). The van der Waals surface area contributed by atoms with Gasteiger partial charge < -0.3 is 11.7 Å². The van der Waals surface area contributed by atoms with E-state index in [2.05, 4.69) is 20.4 Å². The van der Waals surface area contributed by atoms with Gasteiger partial charge in [0.05, 0.1) is 0 Å². The monoisotopic (exact) mass is 436 g/mol. The molecule has 144 valence electrons. The van der Waals surface area contributed by atoms with Gasteiger partial charge in [0.15, 0.2) is 11.6 Å². The summed E-state index contributed by atoms with van der Waals surface area (Å²) in [5.74, 6) is 12.0. The Labute approximate surface area is 173 Å². The number of aromatic amines is 2. The zero-order valence-corrected chi connectivity index (χ0v) is 16.5. The van der Waals surface area contributed by atoms with Gasteiger partial charge in [-0.3, -0.25) is 0 Å². The van der Waals surface area contributed by atoms with Gasteiger partial charge in [-0.15, -0.1) is 0 Å². The summed E-state index contributed by atoms with van der Waals surface area (Å²) in [6, 6.07) is 13.1. The lowest BCUT2D eigenvalue weighted by Crippen LogP contribution is -2.09. The highest BCUT2D eigenvalue weighted by atomic mass is 35.5. The minimum Gasteiger partial charge on any atom is -0.335 e. The van der Waals surface area contributed by atoms with Crippen molar-refractivity contribution >= 4 is 36.0 Å². The number of hydrogen-bond acceptors (Lipinski definition) is 6. The molecule has 0 fully saturated rings. The molecule has 4 aromatic rings. The zero-order valence-electron chi connectivity index (χ0n) is 14.1. The fourth-order valence-electron chi connectivity index (χ4n) is 2.21. The van der Waals surface area contributed by atoms with Crippen LogP contribution >= 0.6 is 36.0 Å². The van der Waals surface area contributed by atoms with Crippen molar-refractivity contribution in [2.75, 3.05) is 11.7 Å². The molecule has 12 heteroatoms. The maximum atomic E-state index is 12.6. The van der Waals surface area contributed by atoms with Crippen molar-refractivity contribution in [3.8, 4) is 22.8 Å². The van der Waals surface area contributed by atoms with Crippen LogP contribution in [-0.2, 0) is 0 Å². The molecule has 4 rings (SSSR count). The lowest BCUT2D eigenvalue weighted by atomic mass is 10.2. The minimum absolute atomic E-state index is 0.300. The third kappa shape index (κ3) is 4.27. The fraction of sp³-hybridized carbons (Fsp3) is 0. The number of H-pyrrole nitrogens is 2. The molecular weight excluding hydrogens is 423 g/mol. The Morgan fingerprint density at radius 3 is 1.54 bits per heavy atom. The first-order valence-electron chi connectivity index (χ1n) is 7.73. The smallest absolute Gasteiger partial charge is 0.214 e. The van der Waals surface area contributed by atoms with Gasteiger partial charge in [-0.2, -0.15) is 10.2 Å². The first-order valence-corrected chi connectivity index (χ1v) is 8.93. The summed E-state index contributed by atoms with van der Waals surface area (Å²) in [6.07, 6.45) is 0. The predicted molar refractivity (Wildman–Crippen MR) is 111 cm³/mol. The molecule has 0 unspecified atom stereocenters. The van der Waals surface area contributed by atoms with Crippen LogP contribution in [0, 0.1) is 15.4 Å². The number of rotatable bonds is 2. The summed E-state index contributed by atoms with van der Waals surface area (Å²) in [5, 5.41) is 13.7. The Morgan fingerprint density at radius 2 is 1.18 bits per heavy atom. The predicted octanol–water partition coefficient (Wildman–Crippen LogP) is 3.44. The fourth-order valence-corrected chi connectivity index (χ4v) is 2.60. The highest BCUT2D eigenvalue weighted by Crippen LogP contribution is 2.18. The second-order valence-corrected chi connectivity index (χ2v) is 6.67. The van der Waals surface area contributed by atoms with Crippen LogP contribution in [0.1, 0.15) is 0 Å². The number of nitrogens with two attached hydrogens (primary N) is 2.